The third-order valence-electron chi connectivity index (χ3n) is 4.13. The van der Waals surface area contributed by atoms with Crippen molar-refractivity contribution < 1.29 is 10.0 Å². The molecule has 114 valence electrons. The lowest BCUT2D eigenvalue weighted by Crippen LogP contribution is -2.38. The normalized spacial score (nSPS) is 15.6. The number of carbonyl (C=O) groups excluding carboxylic acids is 1. The Hall–Kier alpha value is -2.04. The number of nitrogens with zero attached hydrogens (tertiary/aromatic N) is 2. The van der Waals surface area contributed by atoms with Crippen LogP contribution in [0.5, 0.6) is 0 Å². The van der Waals surface area contributed by atoms with E-state index in [9.17, 15) is 4.79 Å². The van der Waals surface area contributed by atoms with Crippen LogP contribution in [0.15, 0.2) is 23.4 Å². The Balaban J connectivity index is 2.13. The predicted octanol–water partition coefficient (Wildman–Crippen LogP) is 2.02. The van der Waals surface area contributed by atoms with E-state index in [-0.39, 0.29) is 17.7 Å². The highest BCUT2D eigenvalue weighted by Crippen LogP contribution is 2.23. The predicted molar refractivity (Wildman–Crippen MR) is 82.6 cm³/mol. The van der Waals surface area contributed by atoms with Gasteiger partial charge in [0.2, 0.25) is 0 Å². The van der Waals surface area contributed by atoms with E-state index in [1.54, 1.807) is 4.90 Å². The Morgan fingerprint density at radius 1 is 1.43 bits per heavy atom. The summed E-state index contributed by atoms with van der Waals surface area (Å²) in [6.45, 7) is 4.82. The number of rotatable bonds is 5. The van der Waals surface area contributed by atoms with E-state index in [0.29, 0.717) is 13.1 Å². The van der Waals surface area contributed by atoms with E-state index >= 15 is 0 Å². The van der Waals surface area contributed by atoms with E-state index < -0.39 is 0 Å². The van der Waals surface area contributed by atoms with Gasteiger partial charge in [-0.3, -0.25) is 4.79 Å². The molecule has 2 rings (SSSR count). The zero-order chi connectivity index (χ0) is 15.4. The molecule has 0 spiro atoms. The van der Waals surface area contributed by atoms with Crippen LogP contribution in [0, 0.1) is 5.92 Å². The summed E-state index contributed by atoms with van der Waals surface area (Å²) >= 11 is 0. The van der Waals surface area contributed by atoms with Crippen molar-refractivity contribution in [3.05, 3.63) is 34.9 Å². The van der Waals surface area contributed by atoms with Crippen molar-refractivity contribution in [3.63, 3.8) is 0 Å². The highest BCUT2D eigenvalue weighted by molar-refractivity contribution is 5.95. The van der Waals surface area contributed by atoms with E-state index in [4.69, 9.17) is 10.9 Å². The molecule has 0 radical (unpaired) electrons. The zero-order valence-corrected chi connectivity index (χ0v) is 12.7. The van der Waals surface area contributed by atoms with Gasteiger partial charge in [0.25, 0.3) is 5.91 Å². The van der Waals surface area contributed by atoms with E-state index in [2.05, 4.69) is 11.2 Å². The number of hydrogen-bond donors (Lipinski definition) is 2. The van der Waals surface area contributed by atoms with Gasteiger partial charge in [0.1, 0.15) is 5.84 Å². The highest BCUT2D eigenvalue weighted by Gasteiger charge is 2.20. The topological polar surface area (TPSA) is 78.9 Å². The fourth-order valence-electron chi connectivity index (χ4n) is 2.77. The molecule has 0 saturated heterocycles. The fourth-order valence-corrected chi connectivity index (χ4v) is 2.77. The van der Waals surface area contributed by atoms with Crippen LogP contribution in [-0.4, -0.2) is 34.9 Å². The van der Waals surface area contributed by atoms with Gasteiger partial charge in [0.15, 0.2) is 0 Å². The van der Waals surface area contributed by atoms with Crippen LogP contribution in [0.4, 0.5) is 0 Å². The molecule has 0 bridgehead atoms. The van der Waals surface area contributed by atoms with Gasteiger partial charge in [-0.15, -0.1) is 0 Å². The number of benzene rings is 1. The van der Waals surface area contributed by atoms with Crippen molar-refractivity contribution in [1.82, 2.24) is 4.90 Å². The highest BCUT2D eigenvalue weighted by atomic mass is 16.4. The Morgan fingerprint density at radius 3 is 2.81 bits per heavy atom. The molecule has 0 heterocycles. The van der Waals surface area contributed by atoms with Crippen molar-refractivity contribution in [2.24, 2.45) is 16.8 Å². The summed E-state index contributed by atoms with van der Waals surface area (Å²) in [6, 6.07) is 5.99. The Kier molecular flexibility index (Phi) is 4.83. The van der Waals surface area contributed by atoms with Crippen molar-refractivity contribution >= 4 is 11.7 Å². The first-order chi connectivity index (χ1) is 10.1. The summed E-state index contributed by atoms with van der Waals surface area (Å²) in [4.78, 5) is 14.3. The summed E-state index contributed by atoms with van der Waals surface area (Å²) < 4.78 is 0. The lowest BCUT2D eigenvalue weighted by atomic mass is 10.0. The number of fused-ring (bicyclic) bond motifs is 1. The van der Waals surface area contributed by atoms with Crippen LogP contribution in [-0.2, 0) is 12.8 Å². The molecule has 0 aromatic heterocycles. The first-order valence-electron chi connectivity index (χ1n) is 7.45. The van der Waals surface area contributed by atoms with Crippen molar-refractivity contribution in [2.45, 2.75) is 33.1 Å². The summed E-state index contributed by atoms with van der Waals surface area (Å²) in [7, 11) is 0. The minimum absolute atomic E-state index is 0.00443. The van der Waals surface area contributed by atoms with Gasteiger partial charge in [-0.2, -0.15) is 0 Å². The van der Waals surface area contributed by atoms with Crippen LogP contribution in [0.2, 0.25) is 0 Å². The second kappa shape index (κ2) is 6.61. The minimum Gasteiger partial charge on any atom is -0.409 e. The number of oxime groups is 1. The molecule has 5 heteroatoms. The van der Waals surface area contributed by atoms with E-state index in [0.717, 1.165) is 18.4 Å². The van der Waals surface area contributed by atoms with Gasteiger partial charge in [-0.05, 0) is 49.4 Å². The largest absolute Gasteiger partial charge is 0.409 e. The summed E-state index contributed by atoms with van der Waals surface area (Å²) in [5, 5.41) is 11.7. The van der Waals surface area contributed by atoms with Gasteiger partial charge in [0.05, 0.1) is 0 Å². The van der Waals surface area contributed by atoms with Gasteiger partial charge < -0.3 is 15.8 Å². The maximum atomic E-state index is 12.6. The molecule has 0 aliphatic heterocycles. The monoisotopic (exact) mass is 289 g/mol. The third kappa shape index (κ3) is 3.35. The second-order valence-corrected chi connectivity index (χ2v) is 5.61. The van der Waals surface area contributed by atoms with Crippen molar-refractivity contribution in [3.8, 4) is 0 Å². The van der Waals surface area contributed by atoms with Crippen LogP contribution < -0.4 is 5.73 Å². The molecule has 1 aromatic carbocycles. The molecule has 1 unspecified atom stereocenters. The molecule has 5 nitrogen and oxygen atoms in total. The van der Waals surface area contributed by atoms with Crippen LogP contribution >= 0.6 is 0 Å². The smallest absolute Gasteiger partial charge is 0.253 e. The van der Waals surface area contributed by atoms with Crippen molar-refractivity contribution in [1.29, 1.82) is 0 Å². The van der Waals surface area contributed by atoms with E-state index in [1.807, 2.05) is 26.0 Å². The molecule has 1 atom stereocenters. The standard InChI is InChI=1S/C16H23N3O2/c1-3-19(10-11(2)15(17)18-21)16(20)14-8-7-12-5-4-6-13(12)9-14/h7-9,11,21H,3-6,10H2,1-2H3,(H2,17,18). The zero-order valence-electron chi connectivity index (χ0n) is 12.7. The SMILES string of the molecule is CCN(CC(C)C(N)=NO)C(=O)c1ccc2c(c1)CCC2. The van der Waals surface area contributed by atoms with Crippen LogP contribution in [0.3, 0.4) is 0 Å². The quantitative estimate of drug-likeness (QED) is 0.377. The van der Waals surface area contributed by atoms with Crippen molar-refractivity contribution in [2.75, 3.05) is 13.1 Å². The molecular weight excluding hydrogens is 266 g/mol. The number of carbonyl (C=O) groups is 1. The summed E-state index contributed by atoms with van der Waals surface area (Å²) in [5.74, 6) is -0.0201. The van der Waals surface area contributed by atoms with Gasteiger partial charge in [-0.25, -0.2) is 0 Å². The minimum atomic E-state index is -0.173. The number of aryl methyl sites for hydroxylation is 2. The number of nitrogens with two attached hydrogens (primary N) is 1. The molecule has 1 aliphatic rings. The molecule has 3 N–H and O–H groups in total. The first kappa shape index (κ1) is 15.4. The molecular formula is C16H23N3O2. The van der Waals surface area contributed by atoms with Gasteiger partial charge >= 0.3 is 0 Å². The molecule has 1 aromatic rings. The lowest BCUT2D eigenvalue weighted by molar-refractivity contribution is 0.0753. The maximum Gasteiger partial charge on any atom is 0.253 e. The average molecular weight is 289 g/mol. The number of amidine groups is 1. The second-order valence-electron chi connectivity index (χ2n) is 5.61. The average Bonchev–Trinajstić information content (AvgIpc) is 2.98. The number of hydrogen-bond acceptors (Lipinski definition) is 3. The molecule has 1 aliphatic carbocycles. The molecule has 0 saturated carbocycles. The maximum absolute atomic E-state index is 12.6. The van der Waals surface area contributed by atoms with E-state index in [1.165, 1.54) is 17.5 Å². The Morgan fingerprint density at radius 2 is 2.14 bits per heavy atom. The molecule has 21 heavy (non-hydrogen) atoms. The summed E-state index contributed by atoms with van der Waals surface area (Å²) in [6.07, 6.45) is 3.34. The Labute approximate surface area is 125 Å². The summed E-state index contributed by atoms with van der Waals surface area (Å²) in [5.41, 5.74) is 8.97. The molecule has 1 amide bonds. The molecule has 0 fully saturated rings. The third-order valence-corrected chi connectivity index (χ3v) is 4.13. The Bertz CT molecular complexity index is 554. The fraction of sp³-hybridized carbons (Fsp3) is 0.500. The lowest BCUT2D eigenvalue weighted by Gasteiger charge is -2.24. The van der Waals surface area contributed by atoms with Crippen LogP contribution in [0.1, 0.15) is 41.8 Å². The van der Waals surface area contributed by atoms with Gasteiger partial charge in [-0.1, -0.05) is 18.1 Å². The van der Waals surface area contributed by atoms with Crippen LogP contribution in [0.25, 0.3) is 0 Å². The first-order valence-corrected chi connectivity index (χ1v) is 7.45. The van der Waals surface area contributed by atoms with Gasteiger partial charge in [0, 0.05) is 24.6 Å². The number of amides is 1.